The maximum atomic E-state index is 12.4. The molecule has 4 rings (SSSR count). The number of hydrogen-bond acceptors (Lipinski definition) is 6. The fourth-order valence-electron chi connectivity index (χ4n) is 3.37. The van der Waals surface area contributed by atoms with Gasteiger partial charge in [0.1, 0.15) is 5.76 Å². The number of fused-ring (bicyclic) bond motifs is 1. The van der Waals surface area contributed by atoms with E-state index in [-0.39, 0.29) is 24.2 Å². The molecule has 0 unspecified atom stereocenters. The maximum absolute atomic E-state index is 12.4. The van der Waals surface area contributed by atoms with E-state index in [1.165, 1.54) is 18.4 Å². The van der Waals surface area contributed by atoms with Crippen molar-refractivity contribution in [3.63, 3.8) is 0 Å². The summed E-state index contributed by atoms with van der Waals surface area (Å²) in [5.74, 6) is 0.739. The molecule has 1 aromatic carbocycles. The second-order valence-corrected chi connectivity index (χ2v) is 7.07. The molecular formula is C22H23N3O5. The Balaban J connectivity index is 1.37. The smallest absolute Gasteiger partial charge is 0.291 e. The molecule has 1 saturated heterocycles. The number of para-hydroxylation sites is 2. The van der Waals surface area contributed by atoms with Crippen LogP contribution in [0.2, 0.25) is 0 Å². The molecule has 0 bridgehead atoms. The normalized spacial score (nSPS) is 18.4. The van der Waals surface area contributed by atoms with Crippen LogP contribution in [0.4, 0.5) is 5.69 Å². The molecule has 3 heterocycles. The summed E-state index contributed by atoms with van der Waals surface area (Å²) in [5, 5.41) is 11.8. The average Bonchev–Trinajstić information content (AvgIpc) is 3.21. The number of hydrogen-bond donors (Lipinski definition) is 2. The van der Waals surface area contributed by atoms with Gasteiger partial charge in [-0.15, -0.1) is 0 Å². The molecule has 30 heavy (non-hydrogen) atoms. The number of β-amino-alcohol motifs (C(OH)–C–C–N with tert-alkyl or cyclic N) is 1. The van der Waals surface area contributed by atoms with Gasteiger partial charge in [0, 0.05) is 50.4 Å². The summed E-state index contributed by atoms with van der Waals surface area (Å²) in [5.41, 5.74) is 1.34. The number of carbonyl (C=O) groups is 2. The van der Waals surface area contributed by atoms with Gasteiger partial charge >= 0.3 is 0 Å². The first-order valence-corrected chi connectivity index (χ1v) is 9.81. The van der Waals surface area contributed by atoms with Crippen LogP contribution in [-0.4, -0.2) is 66.1 Å². The molecule has 0 spiro atoms. The van der Waals surface area contributed by atoms with Crippen molar-refractivity contribution in [2.45, 2.75) is 0 Å². The van der Waals surface area contributed by atoms with Gasteiger partial charge in [-0.2, -0.15) is 0 Å². The van der Waals surface area contributed by atoms with Gasteiger partial charge in [-0.25, -0.2) is 0 Å². The zero-order valence-corrected chi connectivity index (χ0v) is 16.4. The zero-order valence-electron chi connectivity index (χ0n) is 16.4. The number of piperazine rings is 1. The summed E-state index contributed by atoms with van der Waals surface area (Å²) in [6.45, 7) is 3.56. The van der Waals surface area contributed by atoms with Gasteiger partial charge in [-0.05, 0) is 24.3 Å². The molecule has 1 fully saturated rings. The second-order valence-electron chi connectivity index (χ2n) is 7.07. The van der Waals surface area contributed by atoms with E-state index >= 15 is 0 Å². The third kappa shape index (κ3) is 4.61. The molecule has 0 aliphatic carbocycles. The third-order valence-electron chi connectivity index (χ3n) is 5.01. The quantitative estimate of drug-likeness (QED) is 0.732. The molecule has 0 radical (unpaired) electrons. The molecule has 8 nitrogen and oxygen atoms in total. The van der Waals surface area contributed by atoms with Gasteiger partial charge in [0.2, 0.25) is 5.91 Å². The first kappa shape index (κ1) is 19.9. The van der Waals surface area contributed by atoms with Crippen LogP contribution in [0.1, 0.15) is 11.3 Å². The van der Waals surface area contributed by atoms with Crippen molar-refractivity contribution in [3.8, 4) is 5.75 Å². The fourth-order valence-corrected chi connectivity index (χ4v) is 3.37. The van der Waals surface area contributed by atoms with Crippen molar-refractivity contribution in [1.82, 2.24) is 9.80 Å². The van der Waals surface area contributed by atoms with Crippen LogP contribution in [0.25, 0.3) is 12.2 Å². The lowest BCUT2D eigenvalue weighted by atomic mass is 10.2. The number of benzene rings is 1. The summed E-state index contributed by atoms with van der Waals surface area (Å²) in [4.78, 5) is 28.5. The number of carbonyl (C=O) groups excluding carboxylic acids is 2. The largest absolute Gasteiger partial charge is 0.464 e. The molecule has 1 aromatic heterocycles. The Kier molecular flexibility index (Phi) is 5.97. The van der Waals surface area contributed by atoms with E-state index in [0.29, 0.717) is 42.4 Å². The van der Waals surface area contributed by atoms with Crippen molar-refractivity contribution in [1.29, 1.82) is 0 Å². The Bertz CT molecular complexity index is 986. The van der Waals surface area contributed by atoms with E-state index in [4.69, 9.17) is 14.3 Å². The Hall–Kier alpha value is -3.36. The molecule has 0 saturated carbocycles. The minimum Gasteiger partial charge on any atom is -0.464 e. The summed E-state index contributed by atoms with van der Waals surface area (Å²) >= 11 is 0. The number of nitrogens with zero attached hydrogens (tertiary/aromatic N) is 2. The van der Waals surface area contributed by atoms with Crippen LogP contribution in [0, 0.1) is 0 Å². The van der Waals surface area contributed by atoms with E-state index in [9.17, 15) is 9.59 Å². The number of rotatable bonds is 5. The van der Waals surface area contributed by atoms with Crippen LogP contribution in [0.15, 0.2) is 52.8 Å². The lowest BCUT2D eigenvalue weighted by molar-refractivity contribution is -0.127. The minimum atomic E-state index is -0.349. The Labute approximate surface area is 174 Å². The van der Waals surface area contributed by atoms with Gasteiger partial charge in [0.15, 0.2) is 11.5 Å². The molecular weight excluding hydrogens is 386 g/mol. The summed E-state index contributed by atoms with van der Waals surface area (Å²) in [6, 6.07) is 8.91. The third-order valence-corrected chi connectivity index (χ3v) is 5.01. The van der Waals surface area contributed by atoms with Crippen LogP contribution < -0.4 is 10.1 Å². The van der Waals surface area contributed by atoms with E-state index in [1.54, 1.807) is 29.2 Å². The highest BCUT2D eigenvalue weighted by molar-refractivity contribution is 6.08. The Morgan fingerprint density at radius 2 is 2.00 bits per heavy atom. The second kappa shape index (κ2) is 8.98. The first-order valence-electron chi connectivity index (χ1n) is 9.81. The molecule has 2 aromatic rings. The Morgan fingerprint density at radius 1 is 1.20 bits per heavy atom. The highest BCUT2D eigenvalue weighted by Gasteiger charge is 2.22. The van der Waals surface area contributed by atoms with Crippen molar-refractivity contribution >= 4 is 29.7 Å². The highest BCUT2D eigenvalue weighted by atomic mass is 16.5. The predicted molar refractivity (Wildman–Crippen MR) is 112 cm³/mol. The van der Waals surface area contributed by atoms with E-state index < -0.39 is 0 Å². The molecule has 0 atom stereocenters. The average molecular weight is 409 g/mol. The molecule has 8 heteroatoms. The minimum absolute atomic E-state index is 0.0636. The van der Waals surface area contributed by atoms with Crippen molar-refractivity contribution < 1.29 is 23.8 Å². The van der Waals surface area contributed by atoms with Crippen LogP contribution in [-0.2, 0) is 9.59 Å². The van der Waals surface area contributed by atoms with Crippen molar-refractivity contribution in [2.24, 2.45) is 0 Å². The first-order chi connectivity index (χ1) is 14.6. The summed E-state index contributed by atoms with van der Waals surface area (Å²) in [7, 11) is 0. The monoisotopic (exact) mass is 409 g/mol. The number of amides is 2. The molecule has 2 N–H and O–H groups in total. The van der Waals surface area contributed by atoms with Crippen LogP contribution in [0.5, 0.6) is 5.75 Å². The van der Waals surface area contributed by atoms with Gasteiger partial charge < -0.3 is 24.5 Å². The highest BCUT2D eigenvalue weighted by Crippen LogP contribution is 2.31. The van der Waals surface area contributed by atoms with Gasteiger partial charge in [-0.1, -0.05) is 12.1 Å². The summed E-state index contributed by atoms with van der Waals surface area (Å²) in [6.07, 6.45) is 6.24. The van der Waals surface area contributed by atoms with Gasteiger partial charge in [0.25, 0.3) is 5.91 Å². The van der Waals surface area contributed by atoms with Crippen molar-refractivity contribution in [3.05, 3.63) is 59.8 Å². The fraction of sp³-hybridized carbons (Fsp3) is 0.273. The van der Waals surface area contributed by atoms with Crippen LogP contribution >= 0.6 is 0 Å². The summed E-state index contributed by atoms with van der Waals surface area (Å²) < 4.78 is 11.1. The van der Waals surface area contributed by atoms with E-state index in [2.05, 4.69) is 10.2 Å². The van der Waals surface area contributed by atoms with Gasteiger partial charge in [0.05, 0.1) is 18.6 Å². The standard InChI is InChI=1S/C22H23N3O5/c26-12-11-24-7-9-25(10-8-24)21(27)6-5-16-13-17(29-15-16)14-20-22(28)23-18-3-1-2-4-19(18)30-20/h1-6,13-15,26H,7-12H2,(H,23,28)/b6-5+,20-14-. The van der Waals surface area contributed by atoms with Crippen LogP contribution in [0.3, 0.4) is 0 Å². The van der Waals surface area contributed by atoms with Crippen molar-refractivity contribution in [2.75, 3.05) is 44.6 Å². The zero-order chi connectivity index (χ0) is 20.9. The lowest BCUT2D eigenvalue weighted by Crippen LogP contribution is -2.48. The number of ether oxygens (including phenoxy) is 1. The number of aliphatic hydroxyl groups excluding tert-OH is 1. The Morgan fingerprint density at radius 3 is 2.80 bits per heavy atom. The number of furan rings is 1. The molecule has 156 valence electrons. The molecule has 2 amide bonds. The lowest BCUT2D eigenvalue weighted by Gasteiger charge is -2.33. The number of nitrogens with one attached hydrogen (secondary N) is 1. The maximum Gasteiger partial charge on any atom is 0.291 e. The molecule has 2 aliphatic heterocycles. The number of anilines is 1. The van der Waals surface area contributed by atoms with E-state index in [0.717, 1.165) is 13.1 Å². The van der Waals surface area contributed by atoms with Gasteiger partial charge in [-0.3, -0.25) is 14.5 Å². The SMILES string of the molecule is O=C1Nc2ccccc2O/C1=C\c1cc(/C=C/C(=O)N2CCN(CCO)CC2)co1. The predicted octanol–water partition coefficient (Wildman–Crippen LogP) is 1.80. The number of aliphatic hydroxyl groups is 1. The molecule has 2 aliphatic rings. The van der Waals surface area contributed by atoms with E-state index in [1.807, 2.05) is 12.1 Å². The topological polar surface area (TPSA) is 95.2 Å².